The van der Waals surface area contributed by atoms with Crippen LogP contribution in [0, 0.1) is 11.7 Å². The van der Waals surface area contributed by atoms with Gasteiger partial charge < -0.3 is 14.7 Å². The van der Waals surface area contributed by atoms with Gasteiger partial charge in [-0.2, -0.15) is 4.98 Å². The van der Waals surface area contributed by atoms with E-state index in [-0.39, 0.29) is 17.9 Å². The summed E-state index contributed by atoms with van der Waals surface area (Å²) in [6, 6.07) is 5.59. The number of urea groups is 1. The van der Waals surface area contributed by atoms with Crippen LogP contribution in [0.1, 0.15) is 51.5 Å². The number of carbonyl (C=O) groups is 1. The Hall–Kier alpha value is -2.44. The third-order valence-electron chi connectivity index (χ3n) is 5.11. The molecular weight excluding hydrogens is 335 g/mol. The summed E-state index contributed by atoms with van der Waals surface area (Å²) in [4.78, 5) is 18.6. The predicted octanol–water partition coefficient (Wildman–Crippen LogP) is 4.16. The number of hydrogen-bond acceptors (Lipinski definition) is 4. The largest absolute Gasteiger partial charge is 0.337 e. The van der Waals surface area contributed by atoms with Crippen LogP contribution in [0.25, 0.3) is 11.4 Å². The number of nitrogens with zero attached hydrogens (tertiary/aromatic N) is 3. The molecule has 7 heteroatoms. The molecule has 6 nitrogen and oxygen atoms in total. The molecule has 1 saturated carbocycles. The van der Waals surface area contributed by atoms with E-state index in [0.717, 1.165) is 31.6 Å². The van der Waals surface area contributed by atoms with Crippen LogP contribution < -0.4 is 5.32 Å². The van der Waals surface area contributed by atoms with Crippen molar-refractivity contribution in [2.75, 3.05) is 7.05 Å². The maximum atomic E-state index is 13.0. The summed E-state index contributed by atoms with van der Waals surface area (Å²) < 4.78 is 18.3. The van der Waals surface area contributed by atoms with E-state index in [9.17, 15) is 9.18 Å². The Balaban J connectivity index is 1.60. The molecule has 0 spiro atoms. The molecule has 3 rings (SSSR count). The lowest BCUT2D eigenvalue weighted by Gasteiger charge is -2.34. The number of rotatable bonds is 4. The number of nitrogens with one attached hydrogen (secondary N) is 1. The lowest BCUT2D eigenvalue weighted by atomic mass is 9.87. The van der Waals surface area contributed by atoms with Crippen molar-refractivity contribution in [2.24, 2.45) is 5.92 Å². The highest BCUT2D eigenvalue weighted by atomic mass is 19.1. The van der Waals surface area contributed by atoms with Crippen molar-refractivity contribution in [3.05, 3.63) is 36.0 Å². The Kier molecular flexibility index (Phi) is 5.54. The van der Waals surface area contributed by atoms with Crippen molar-refractivity contribution in [1.82, 2.24) is 20.4 Å². The van der Waals surface area contributed by atoms with Crippen molar-refractivity contribution >= 4 is 6.03 Å². The van der Waals surface area contributed by atoms with E-state index >= 15 is 0 Å². The van der Waals surface area contributed by atoms with Gasteiger partial charge in [0.15, 0.2) is 0 Å². The van der Waals surface area contributed by atoms with Crippen LogP contribution in [0.5, 0.6) is 0 Å². The van der Waals surface area contributed by atoms with Crippen LogP contribution >= 0.6 is 0 Å². The summed E-state index contributed by atoms with van der Waals surface area (Å²) in [7, 11) is 1.83. The molecule has 1 aromatic carbocycles. The summed E-state index contributed by atoms with van der Waals surface area (Å²) in [6.45, 7) is 4.06. The van der Waals surface area contributed by atoms with Crippen molar-refractivity contribution in [3.8, 4) is 11.4 Å². The zero-order valence-electron chi connectivity index (χ0n) is 15.4. The molecule has 2 amide bonds. The highest BCUT2D eigenvalue weighted by molar-refractivity contribution is 5.74. The molecule has 26 heavy (non-hydrogen) atoms. The van der Waals surface area contributed by atoms with Gasteiger partial charge in [0.25, 0.3) is 0 Å². The van der Waals surface area contributed by atoms with Crippen molar-refractivity contribution in [1.29, 1.82) is 0 Å². The van der Waals surface area contributed by atoms with Gasteiger partial charge in [0.1, 0.15) is 11.9 Å². The monoisotopic (exact) mass is 360 g/mol. The highest BCUT2D eigenvalue weighted by Crippen LogP contribution is 2.27. The minimum atomic E-state index is -0.408. The Morgan fingerprint density at radius 3 is 2.58 bits per heavy atom. The normalized spacial score (nSPS) is 21.2. The lowest BCUT2D eigenvalue weighted by molar-refractivity contribution is 0.159. The second-order valence-electron chi connectivity index (χ2n) is 7.16. The topological polar surface area (TPSA) is 71.3 Å². The number of hydrogen-bond donors (Lipinski definition) is 1. The number of aromatic nitrogens is 2. The molecule has 0 aliphatic heterocycles. The Bertz CT molecular complexity index is 738. The number of carbonyl (C=O) groups excluding carboxylic acids is 1. The SMILES string of the molecule is CC1CCC(N(C)C(=O)N[C@@H](C)c2nc(-c3ccc(F)cc3)no2)CC1. The van der Waals surface area contributed by atoms with Gasteiger partial charge in [-0.25, -0.2) is 9.18 Å². The second-order valence-corrected chi connectivity index (χ2v) is 7.16. The van der Waals surface area contributed by atoms with Crippen molar-refractivity contribution in [3.63, 3.8) is 0 Å². The molecule has 0 unspecified atom stereocenters. The quantitative estimate of drug-likeness (QED) is 0.889. The van der Waals surface area contributed by atoms with E-state index < -0.39 is 6.04 Å². The van der Waals surface area contributed by atoms with Crippen LogP contribution in [0.3, 0.4) is 0 Å². The summed E-state index contributed by atoms with van der Waals surface area (Å²) in [5.74, 6) is 1.11. The van der Waals surface area contributed by atoms with Crippen LogP contribution in [-0.4, -0.2) is 34.2 Å². The molecular formula is C19H25FN4O2. The minimum absolute atomic E-state index is 0.140. The van der Waals surface area contributed by atoms with Crippen LogP contribution in [-0.2, 0) is 0 Å². The average Bonchev–Trinajstić information content (AvgIpc) is 3.12. The Morgan fingerprint density at radius 1 is 1.27 bits per heavy atom. The van der Waals surface area contributed by atoms with Gasteiger partial charge in [-0.05, 0) is 62.8 Å². The number of benzene rings is 1. The second kappa shape index (κ2) is 7.85. The van der Waals surface area contributed by atoms with E-state index in [1.54, 1.807) is 24.0 Å². The van der Waals surface area contributed by atoms with E-state index in [1.807, 2.05) is 7.05 Å². The smallest absolute Gasteiger partial charge is 0.318 e. The fraction of sp³-hybridized carbons (Fsp3) is 0.526. The molecule has 1 N–H and O–H groups in total. The van der Waals surface area contributed by atoms with Gasteiger partial charge in [-0.1, -0.05) is 12.1 Å². The summed E-state index contributed by atoms with van der Waals surface area (Å²) in [5.41, 5.74) is 0.661. The summed E-state index contributed by atoms with van der Waals surface area (Å²) in [5, 5.41) is 6.82. The maximum absolute atomic E-state index is 13.0. The fourth-order valence-corrected chi connectivity index (χ4v) is 3.27. The molecule has 2 aromatic rings. The van der Waals surface area contributed by atoms with E-state index in [2.05, 4.69) is 22.4 Å². The fourth-order valence-electron chi connectivity index (χ4n) is 3.27. The van der Waals surface area contributed by atoms with Gasteiger partial charge in [-0.3, -0.25) is 0 Å². The first-order valence-corrected chi connectivity index (χ1v) is 9.07. The zero-order valence-corrected chi connectivity index (χ0v) is 15.4. The molecule has 1 fully saturated rings. The van der Waals surface area contributed by atoms with Crippen molar-refractivity contribution < 1.29 is 13.7 Å². The molecule has 1 aliphatic rings. The van der Waals surface area contributed by atoms with Crippen LogP contribution in [0.2, 0.25) is 0 Å². The molecule has 0 saturated heterocycles. The predicted molar refractivity (Wildman–Crippen MR) is 95.8 cm³/mol. The highest BCUT2D eigenvalue weighted by Gasteiger charge is 2.26. The molecule has 0 radical (unpaired) electrons. The molecule has 1 aromatic heterocycles. The van der Waals surface area contributed by atoms with Crippen LogP contribution in [0.4, 0.5) is 9.18 Å². The standard InChI is InChI=1S/C19H25FN4O2/c1-12-4-10-16(11-5-12)24(3)19(25)21-13(2)18-22-17(23-26-18)14-6-8-15(20)9-7-14/h6-9,12-13,16H,4-5,10-11H2,1-3H3,(H,21,25)/t12?,13-,16?/m0/s1. The molecule has 1 heterocycles. The molecule has 140 valence electrons. The first kappa shape index (κ1) is 18.4. The average molecular weight is 360 g/mol. The van der Waals surface area contributed by atoms with Gasteiger partial charge in [0.2, 0.25) is 11.7 Å². The third kappa shape index (κ3) is 4.20. The van der Waals surface area contributed by atoms with Crippen LogP contribution in [0.15, 0.2) is 28.8 Å². The minimum Gasteiger partial charge on any atom is -0.337 e. The van der Waals surface area contributed by atoms with Gasteiger partial charge >= 0.3 is 6.03 Å². The molecule has 0 bridgehead atoms. The maximum Gasteiger partial charge on any atom is 0.318 e. The summed E-state index contributed by atoms with van der Waals surface area (Å²) in [6.07, 6.45) is 4.38. The lowest BCUT2D eigenvalue weighted by Crippen LogP contribution is -2.45. The zero-order chi connectivity index (χ0) is 18.7. The number of amides is 2. The number of halogens is 1. The van der Waals surface area contributed by atoms with E-state index in [4.69, 9.17) is 4.52 Å². The Morgan fingerprint density at radius 2 is 1.92 bits per heavy atom. The first-order chi connectivity index (χ1) is 12.4. The first-order valence-electron chi connectivity index (χ1n) is 9.07. The van der Waals surface area contributed by atoms with E-state index in [1.165, 1.54) is 12.1 Å². The van der Waals surface area contributed by atoms with Gasteiger partial charge in [-0.15, -0.1) is 0 Å². The Labute approximate surface area is 152 Å². The third-order valence-corrected chi connectivity index (χ3v) is 5.11. The molecule has 1 aliphatic carbocycles. The molecule has 1 atom stereocenters. The summed E-state index contributed by atoms with van der Waals surface area (Å²) >= 11 is 0. The van der Waals surface area contributed by atoms with Crippen molar-refractivity contribution in [2.45, 2.75) is 51.6 Å². The van der Waals surface area contributed by atoms with Gasteiger partial charge in [0, 0.05) is 18.7 Å². The van der Waals surface area contributed by atoms with E-state index in [0.29, 0.717) is 17.3 Å². The van der Waals surface area contributed by atoms with Gasteiger partial charge in [0.05, 0.1) is 0 Å².